The molecule has 0 saturated heterocycles. The van der Waals surface area contributed by atoms with Gasteiger partial charge < -0.3 is 14.7 Å². The van der Waals surface area contributed by atoms with Crippen molar-refractivity contribution in [3.8, 4) is 0 Å². The van der Waals surface area contributed by atoms with Crippen molar-refractivity contribution in [2.45, 2.75) is 18.6 Å². The monoisotopic (exact) mass is 249 g/mol. The van der Waals surface area contributed by atoms with E-state index in [1.54, 1.807) is 11.8 Å². The van der Waals surface area contributed by atoms with Crippen molar-refractivity contribution in [2.75, 3.05) is 33.1 Å². The Morgan fingerprint density at radius 3 is 2.56 bits per heavy atom. The number of nitrogens with zero attached hydrogens (tertiary/aromatic N) is 1. The number of carboxylic acid groups (broad SMARTS) is 1. The third-order valence-corrected chi connectivity index (χ3v) is 3.08. The van der Waals surface area contributed by atoms with Crippen LogP contribution in [-0.4, -0.2) is 60.2 Å². The highest BCUT2D eigenvalue weighted by molar-refractivity contribution is 7.99. The van der Waals surface area contributed by atoms with Crippen LogP contribution in [0.4, 0.5) is 0 Å². The summed E-state index contributed by atoms with van der Waals surface area (Å²) in [6.45, 7) is 2.36. The van der Waals surface area contributed by atoms with Crippen LogP contribution in [0.2, 0.25) is 0 Å². The van der Waals surface area contributed by atoms with E-state index in [9.17, 15) is 9.59 Å². The van der Waals surface area contributed by atoms with Crippen LogP contribution >= 0.6 is 11.8 Å². The Labute approximate surface area is 100 Å². The zero-order valence-corrected chi connectivity index (χ0v) is 10.7. The van der Waals surface area contributed by atoms with Gasteiger partial charge in [0.25, 0.3) is 0 Å². The molecule has 5 nitrogen and oxygen atoms in total. The Morgan fingerprint density at radius 2 is 2.12 bits per heavy atom. The van der Waals surface area contributed by atoms with Gasteiger partial charge in [-0.2, -0.15) is 11.8 Å². The number of thioether (sulfide) groups is 1. The Hall–Kier alpha value is -0.750. The summed E-state index contributed by atoms with van der Waals surface area (Å²) < 4.78 is 4.84. The van der Waals surface area contributed by atoms with Crippen molar-refractivity contribution in [3.63, 3.8) is 0 Å². The van der Waals surface area contributed by atoms with E-state index in [1.807, 2.05) is 13.2 Å². The molecule has 0 aromatic rings. The summed E-state index contributed by atoms with van der Waals surface area (Å²) in [5.41, 5.74) is 0. The van der Waals surface area contributed by atoms with Gasteiger partial charge in [-0.15, -0.1) is 0 Å². The predicted octanol–water partition coefficient (Wildman–Crippen LogP) is 0.688. The van der Waals surface area contributed by atoms with Gasteiger partial charge in [0.2, 0.25) is 5.91 Å². The fraction of sp³-hybridized carbons (Fsp3) is 0.800. The third-order valence-electron chi connectivity index (χ3n) is 2.11. The van der Waals surface area contributed by atoms with E-state index < -0.39 is 5.97 Å². The molecule has 1 atom stereocenters. The summed E-state index contributed by atoms with van der Waals surface area (Å²) in [6, 6.07) is 0. The quantitative estimate of drug-likeness (QED) is 0.685. The SMILES string of the molecule is COCCN(CC(=O)O)C(=O)CC(C)SC. The first kappa shape index (κ1) is 15.2. The van der Waals surface area contributed by atoms with E-state index in [2.05, 4.69) is 0 Å². The topological polar surface area (TPSA) is 66.8 Å². The highest BCUT2D eigenvalue weighted by Crippen LogP contribution is 2.11. The molecule has 94 valence electrons. The number of ether oxygens (including phenoxy) is 1. The normalized spacial score (nSPS) is 12.2. The minimum Gasteiger partial charge on any atom is -0.480 e. The van der Waals surface area contributed by atoms with E-state index in [4.69, 9.17) is 9.84 Å². The maximum Gasteiger partial charge on any atom is 0.323 e. The lowest BCUT2D eigenvalue weighted by molar-refractivity contribution is -0.144. The van der Waals surface area contributed by atoms with Crippen LogP contribution in [-0.2, 0) is 14.3 Å². The van der Waals surface area contributed by atoms with Gasteiger partial charge in [0.15, 0.2) is 0 Å². The summed E-state index contributed by atoms with van der Waals surface area (Å²) in [6.07, 6.45) is 2.28. The summed E-state index contributed by atoms with van der Waals surface area (Å²) in [7, 11) is 1.52. The minimum absolute atomic E-state index is 0.138. The van der Waals surface area contributed by atoms with Gasteiger partial charge >= 0.3 is 5.97 Å². The van der Waals surface area contributed by atoms with Crippen molar-refractivity contribution in [3.05, 3.63) is 0 Å². The lowest BCUT2D eigenvalue weighted by Crippen LogP contribution is -2.38. The fourth-order valence-electron chi connectivity index (χ4n) is 1.12. The number of aliphatic carboxylic acids is 1. The van der Waals surface area contributed by atoms with Gasteiger partial charge in [0.05, 0.1) is 6.61 Å². The molecule has 0 fully saturated rings. The molecular formula is C10H19NO4S. The second kappa shape index (κ2) is 8.41. The Bertz CT molecular complexity index is 235. The second-order valence-electron chi connectivity index (χ2n) is 3.45. The number of hydrogen-bond donors (Lipinski definition) is 1. The average Bonchev–Trinajstić information content (AvgIpc) is 2.23. The molecule has 0 aromatic heterocycles. The van der Waals surface area contributed by atoms with Crippen LogP contribution < -0.4 is 0 Å². The smallest absolute Gasteiger partial charge is 0.323 e. The summed E-state index contributed by atoms with van der Waals surface area (Å²) >= 11 is 1.59. The molecule has 6 heteroatoms. The molecule has 0 aromatic carbocycles. The highest BCUT2D eigenvalue weighted by atomic mass is 32.2. The zero-order chi connectivity index (χ0) is 12.6. The highest BCUT2D eigenvalue weighted by Gasteiger charge is 2.18. The second-order valence-corrected chi connectivity index (χ2v) is 4.73. The van der Waals surface area contributed by atoms with Crippen LogP contribution in [0, 0.1) is 0 Å². The van der Waals surface area contributed by atoms with Crippen LogP contribution in [0.1, 0.15) is 13.3 Å². The van der Waals surface area contributed by atoms with Gasteiger partial charge in [0.1, 0.15) is 6.54 Å². The largest absolute Gasteiger partial charge is 0.480 e. The molecule has 1 unspecified atom stereocenters. The number of methoxy groups -OCH3 is 1. The van der Waals surface area contributed by atoms with Crippen LogP contribution in [0.3, 0.4) is 0 Å². The number of carboxylic acids is 1. The van der Waals surface area contributed by atoms with Gasteiger partial charge in [-0.05, 0) is 6.26 Å². The predicted molar refractivity (Wildman–Crippen MR) is 63.7 cm³/mol. The molecule has 0 aliphatic heterocycles. The minimum atomic E-state index is -0.999. The lowest BCUT2D eigenvalue weighted by Gasteiger charge is -2.21. The molecule has 0 radical (unpaired) electrons. The van der Waals surface area contributed by atoms with Crippen LogP contribution in [0.25, 0.3) is 0 Å². The van der Waals surface area contributed by atoms with Crippen molar-refractivity contribution >= 4 is 23.6 Å². The van der Waals surface area contributed by atoms with Gasteiger partial charge in [-0.1, -0.05) is 6.92 Å². The van der Waals surface area contributed by atoms with Gasteiger partial charge in [0, 0.05) is 25.3 Å². The van der Waals surface area contributed by atoms with E-state index in [1.165, 1.54) is 12.0 Å². The zero-order valence-electron chi connectivity index (χ0n) is 9.93. The molecule has 0 aliphatic rings. The number of rotatable bonds is 8. The van der Waals surface area contributed by atoms with Crippen molar-refractivity contribution in [1.29, 1.82) is 0 Å². The first-order valence-corrected chi connectivity index (χ1v) is 6.31. The Kier molecular flexibility index (Phi) is 8.01. The van der Waals surface area contributed by atoms with Crippen LogP contribution in [0.15, 0.2) is 0 Å². The summed E-state index contributed by atoms with van der Waals surface area (Å²) in [5, 5.41) is 8.88. The molecule has 0 heterocycles. The molecule has 16 heavy (non-hydrogen) atoms. The Balaban J connectivity index is 4.25. The molecular weight excluding hydrogens is 230 g/mol. The molecule has 0 saturated carbocycles. The number of carbonyl (C=O) groups is 2. The maximum atomic E-state index is 11.7. The van der Waals surface area contributed by atoms with Crippen molar-refractivity contribution < 1.29 is 19.4 Å². The lowest BCUT2D eigenvalue weighted by atomic mass is 10.3. The number of amides is 1. The molecule has 0 rings (SSSR count). The molecule has 0 bridgehead atoms. The third kappa shape index (κ3) is 6.68. The number of carbonyl (C=O) groups excluding carboxylic acids is 1. The fourth-order valence-corrected chi connectivity index (χ4v) is 1.42. The Morgan fingerprint density at radius 1 is 1.50 bits per heavy atom. The summed E-state index contributed by atoms with van der Waals surface area (Å²) in [4.78, 5) is 23.7. The van der Waals surface area contributed by atoms with Gasteiger partial charge in [-0.3, -0.25) is 9.59 Å². The van der Waals surface area contributed by atoms with Crippen molar-refractivity contribution in [1.82, 2.24) is 4.90 Å². The van der Waals surface area contributed by atoms with Crippen LogP contribution in [0.5, 0.6) is 0 Å². The summed E-state index contributed by atoms with van der Waals surface area (Å²) in [5.74, 6) is -1.14. The maximum absolute atomic E-state index is 11.7. The first-order valence-electron chi connectivity index (χ1n) is 5.02. The standard InChI is InChI=1S/C10H19NO4S/c1-8(16-3)6-9(12)11(4-5-15-2)7-10(13)14/h8H,4-7H2,1-3H3,(H,13,14). The average molecular weight is 249 g/mol. The van der Waals surface area contributed by atoms with E-state index in [0.717, 1.165) is 0 Å². The number of hydrogen-bond acceptors (Lipinski definition) is 4. The molecule has 0 spiro atoms. The van der Waals surface area contributed by atoms with E-state index in [0.29, 0.717) is 19.6 Å². The molecule has 1 amide bonds. The first-order chi connectivity index (χ1) is 7.51. The van der Waals surface area contributed by atoms with E-state index in [-0.39, 0.29) is 17.7 Å². The van der Waals surface area contributed by atoms with E-state index >= 15 is 0 Å². The molecule has 1 N–H and O–H groups in total. The molecule has 0 aliphatic carbocycles. The van der Waals surface area contributed by atoms with Gasteiger partial charge in [-0.25, -0.2) is 0 Å². The van der Waals surface area contributed by atoms with Crippen molar-refractivity contribution in [2.24, 2.45) is 0 Å².